The van der Waals surface area contributed by atoms with Crippen molar-refractivity contribution in [3.63, 3.8) is 0 Å². The molecule has 0 spiro atoms. The number of halogens is 1. The zero-order valence-electron chi connectivity index (χ0n) is 9.03. The maximum atomic E-state index is 4.07. The standard InChI is InChI=1S/C12H13BrN2S/c1-9-8-14-6-5-11(9)15-7-4-10-2-3-12(13)16-10/h2-3,5-6,8H,4,7H2,1H3,(H,14,15). The lowest BCUT2D eigenvalue weighted by molar-refractivity contribution is 1.04. The molecule has 1 N–H and O–H groups in total. The molecule has 16 heavy (non-hydrogen) atoms. The topological polar surface area (TPSA) is 24.9 Å². The fourth-order valence-corrected chi connectivity index (χ4v) is 2.96. The van der Waals surface area contributed by atoms with Gasteiger partial charge in [0, 0.05) is 29.5 Å². The van der Waals surface area contributed by atoms with Crippen LogP contribution in [0.2, 0.25) is 0 Å². The van der Waals surface area contributed by atoms with Gasteiger partial charge in [0.2, 0.25) is 0 Å². The number of nitrogens with one attached hydrogen (secondary N) is 1. The van der Waals surface area contributed by atoms with E-state index in [0.29, 0.717) is 0 Å². The second kappa shape index (κ2) is 5.46. The molecule has 4 heteroatoms. The summed E-state index contributed by atoms with van der Waals surface area (Å²) in [6, 6.07) is 6.27. The lowest BCUT2D eigenvalue weighted by Gasteiger charge is -2.07. The summed E-state index contributed by atoms with van der Waals surface area (Å²) < 4.78 is 1.20. The van der Waals surface area contributed by atoms with Crippen LogP contribution in [0.4, 0.5) is 5.69 Å². The largest absolute Gasteiger partial charge is 0.384 e. The Bertz CT molecular complexity index is 468. The SMILES string of the molecule is Cc1cnccc1NCCc1ccc(Br)s1. The summed E-state index contributed by atoms with van der Waals surface area (Å²) in [5.74, 6) is 0. The molecule has 0 unspecified atom stereocenters. The number of anilines is 1. The number of rotatable bonds is 4. The highest BCUT2D eigenvalue weighted by atomic mass is 79.9. The second-order valence-electron chi connectivity index (χ2n) is 3.57. The molecule has 0 saturated carbocycles. The van der Waals surface area contributed by atoms with Crippen molar-refractivity contribution in [2.24, 2.45) is 0 Å². The van der Waals surface area contributed by atoms with E-state index in [1.807, 2.05) is 18.5 Å². The summed E-state index contributed by atoms with van der Waals surface area (Å²) in [6.45, 7) is 3.02. The van der Waals surface area contributed by atoms with Gasteiger partial charge < -0.3 is 5.32 Å². The van der Waals surface area contributed by atoms with E-state index in [0.717, 1.165) is 13.0 Å². The van der Waals surface area contributed by atoms with Crippen LogP contribution < -0.4 is 5.32 Å². The van der Waals surface area contributed by atoms with Crippen molar-refractivity contribution in [1.82, 2.24) is 4.98 Å². The van der Waals surface area contributed by atoms with Crippen molar-refractivity contribution < 1.29 is 0 Å². The van der Waals surface area contributed by atoms with Gasteiger partial charge in [-0.15, -0.1) is 11.3 Å². The monoisotopic (exact) mass is 296 g/mol. The Labute approximate surface area is 108 Å². The lowest BCUT2D eigenvalue weighted by atomic mass is 10.2. The Kier molecular flexibility index (Phi) is 3.96. The van der Waals surface area contributed by atoms with Crippen LogP contribution in [0.3, 0.4) is 0 Å². The van der Waals surface area contributed by atoms with Crippen molar-refractivity contribution in [2.45, 2.75) is 13.3 Å². The highest BCUT2D eigenvalue weighted by molar-refractivity contribution is 9.11. The van der Waals surface area contributed by atoms with Crippen LogP contribution in [0, 0.1) is 6.92 Å². The number of aryl methyl sites for hydroxylation is 1. The van der Waals surface area contributed by atoms with E-state index in [2.05, 4.69) is 45.3 Å². The quantitative estimate of drug-likeness (QED) is 0.926. The van der Waals surface area contributed by atoms with Gasteiger partial charge in [-0.1, -0.05) is 0 Å². The number of aromatic nitrogens is 1. The highest BCUT2D eigenvalue weighted by Crippen LogP contribution is 2.22. The van der Waals surface area contributed by atoms with E-state index < -0.39 is 0 Å². The number of thiophene rings is 1. The molecule has 2 heterocycles. The molecule has 0 aromatic carbocycles. The third-order valence-electron chi connectivity index (χ3n) is 2.34. The maximum absolute atomic E-state index is 4.07. The second-order valence-corrected chi connectivity index (χ2v) is 6.12. The number of pyridine rings is 1. The summed E-state index contributed by atoms with van der Waals surface area (Å²) in [4.78, 5) is 5.46. The molecule has 2 rings (SSSR count). The van der Waals surface area contributed by atoms with E-state index >= 15 is 0 Å². The molecule has 0 atom stereocenters. The van der Waals surface area contributed by atoms with Crippen molar-refractivity contribution in [2.75, 3.05) is 11.9 Å². The normalized spacial score (nSPS) is 10.4. The van der Waals surface area contributed by atoms with E-state index in [-0.39, 0.29) is 0 Å². The fourth-order valence-electron chi connectivity index (χ4n) is 1.48. The summed E-state index contributed by atoms with van der Waals surface area (Å²) in [5, 5.41) is 3.42. The molecule has 84 valence electrons. The molecule has 2 nitrogen and oxygen atoms in total. The molecule has 2 aromatic rings. The fraction of sp³-hybridized carbons (Fsp3) is 0.250. The Morgan fingerprint density at radius 3 is 2.94 bits per heavy atom. The minimum absolute atomic E-state index is 0.956. The van der Waals surface area contributed by atoms with Gasteiger partial charge in [0.1, 0.15) is 0 Å². The minimum Gasteiger partial charge on any atom is -0.384 e. The first-order valence-corrected chi connectivity index (χ1v) is 6.75. The smallest absolute Gasteiger partial charge is 0.0701 e. The van der Waals surface area contributed by atoms with Crippen molar-refractivity contribution in [3.8, 4) is 0 Å². The molecule has 0 fully saturated rings. The van der Waals surface area contributed by atoms with Gasteiger partial charge >= 0.3 is 0 Å². The molecular formula is C12H13BrN2S. The van der Waals surface area contributed by atoms with Crippen molar-refractivity contribution in [3.05, 3.63) is 44.8 Å². The summed E-state index contributed by atoms with van der Waals surface area (Å²) in [7, 11) is 0. The van der Waals surface area contributed by atoms with Crippen LogP contribution in [-0.2, 0) is 6.42 Å². The summed E-state index contributed by atoms with van der Waals surface area (Å²) >= 11 is 5.26. The molecule has 0 aliphatic heterocycles. The van der Waals surface area contributed by atoms with Crippen LogP contribution >= 0.6 is 27.3 Å². The first-order valence-electron chi connectivity index (χ1n) is 5.14. The van der Waals surface area contributed by atoms with E-state index in [9.17, 15) is 0 Å². The number of hydrogen-bond donors (Lipinski definition) is 1. The maximum Gasteiger partial charge on any atom is 0.0701 e. The van der Waals surface area contributed by atoms with Crippen LogP contribution in [0.1, 0.15) is 10.4 Å². The molecule has 2 aromatic heterocycles. The molecule has 0 aliphatic carbocycles. The molecule has 0 saturated heterocycles. The molecule has 0 radical (unpaired) electrons. The number of hydrogen-bond acceptors (Lipinski definition) is 3. The van der Waals surface area contributed by atoms with Crippen LogP contribution in [0.15, 0.2) is 34.4 Å². The van der Waals surface area contributed by atoms with Crippen molar-refractivity contribution in [1.29, 1.82) is 0 Å². The highest BCUT2D eigenvalue weighted by Gasteiger charge is 1.99. The Balaban J connectivity index is 1.87. The molecule has 0 bridgehead atoms. The first-order chi connectivity index (χ1) is 7.75. The number of nitrogens with zero attached hydrogens (tertiary/aromatic N) is 1. The predicted molar refractivity (Wildman–Crippen MR) is 73.2 cm³/mol. The Morgan fingerprint density at radius 1 is 1.38 bits per heavy atom. The van der Waals surface area contributed by atoms with Crippen LogP contribution in [0.5, 0.6) is 0 Å². The van der Waals surface area contributed by atoms with Crippen LogP contribution in [0.25, 0.3) is 0 Å². The van der Waals surface area contributed by atoms with E-state index in [4.69, 9.17) is 0 Å². The predicted octanol–water partition coefficient (Wildman–Crippen LogP) is 3.87. The summed E-state index contributed by atoms with van der Waals surface area (Å²) in [5.41, 5.74) is 2.36. The van der Waals surface area contributed by atoms with Crippen molar-refractivity contribution >= 4 is 33.0 Å². The lowest BCUT2D eigenvalue weighted by Crippen LogP contribution is -2.05. The summed E-state index contributed by atoms with van der Waals surface area (Å²) in [6.07, 6.45) is 4.75. The average Bonchev–Trinajstić information content (AvgIpc) is 2.67. The van der Waals surface area contributed by atoms with E-state index in [1.165, 1.54) is 19.9 Å². The Morgan fingerprint density at radius 2 is 2.25 bits per heavy atom. The van der Waals surface area contributed by atoms with Crippen LogP contribution in [-0.4, -0.2) is 11.5 Å². The molecular weight excluding hydrogens is 284 g/mol. The first kappa shape index (κ1) is 11.6. The van der Waals surface area contributed by atoms with Gasteiger partial charge in [0.05, 0.1) is 3.79 Å². The zero-order chi connectivity index (χ0) is 11.4. The van der Waals surface area contributed by atoms with Gasteiger partial charge in [-0.25, -0.2) is 0 Å². The molecule has 0 aliphatic rings. The minimum atomic E-state index is 0.956. The van der Waals surface area contributed by atoms with Gasteiger partial charge in [0.15, 0.2) is 0 Å². The molecule has 0 amide bonds. The van der Waals surface area contributed by atoms with Gasteiger partial charge in [-0.3, -0.25) is 4.98 Å². The average molecular weight is 297 g/mol. The van der Waals surface area contributed by atoms with Gasteiger partial charge in [-0.05, 0) is 53.0 Å². The third kappa shape index (κ3) is 3.06. The van der Waals surface area contributed by atoms with E-state index in [1.54, 1.807) is 11.3 Å². The van der Waals surface area contributed by atoms with Gasteiger partial charge in [0.25, 0.3) is 0 Å². The van der Waals surface area contributed by atoms with Gasteiger partial charge in [-0.2, -0.15) is 0 Å². The zero-order valence-corrected chi connectivity index (χ0v) is 11.4. The third-order valence-corrected chi connectivity index (χ3v) is 4.02. The Hall–Kier alpha value is -0.870.